The molecular formula is C14H24N4O2S. The predicted octanol–water partition coefficient (Wildman–Crippen LogP) is 1.47. The Bertz CT molecular complexity index is 446. The SMILES string of the molecule is CNC(C)Cc1noc(CSCC(=O)N2CCCCC2)n1. The quantitative estimate of drug-likeness (QED) is 0.822. The van der Waals surface area contributed by atoms with Crippen LogP contribution in [0, 0.1) is 0 Å². The predicted molar refractivity (Wildman–Crippen MR) is 83.1 cm³/mol. The van der Waals surface area contributed by atoms with Crippen LogP contribution in [0.4, 0.5) is 0 Å². The van der Waals surface area contributed by atoms with E-state index in [4.69, 9.17) is 4.52 Å². The van der Waals surface area contributed by atoms with Gasteiger partial charge in [0.05, 0.1) is 11.5 Å². The van der Waals surface area contributed by atoms with Crippen molar-refractivity contribution in [1.82, 2.24) is 20.4 Å². The smallest absolute Gasteiger partial charge is 0.236 e. The van der Waals surface area contributed by atoms with Crippen LogP contribution in [0.1, 0.15) is 37.9 Å². The van der Waals surface area contributed by atoms with Crippen LogP contribution in [0.3, 0.4) is 0 Å². The molecule has 2 heterocycles. The van der Waals surface area contributed by atoms with Crippen molar-refractivity contribution < 1.29 is 9.32 Å². The van der Waals surface area contributed by atoms with Crippen molar-refractivity contribution in [3.63, 3.8) is 0 Å². The Morgan fingerprint density at radius 3 is 2.90 bits per heavy atom. The summed E-state index contributed by atoms with van der Waals surface area (Å²) in [4.78, 5) is 18.3. The summed E-state index contributed by atoms with van der Waals surface area (Å²) in [5.74, 6) is 2.63. The van der Waals surface area contributed by atoms with Gasteiger partial charge in [-0.2, -0.15) is 4.98 Å². The van der Waals surface area contributed by atoms with Gasteiger partial charge in [-0.05, 0) is 33.2 Å². The molecule has 0 aromatic carbocycles. The number of hydrogen-bond donors (Lipinski definition) is 1. The summed E-state index contributed by atoms with van der Waals surface area (Å²) in [6.45, 7) is 3.89. The second-order valence-electron chi connectivity index (χ2n) is 5.43. The lowest BCUT2D eigenvalue weighted by Crippen LogP contribution is -2.36. The van der Waals surface area contributed by atoms with Gasteiger partial charge in [-0.15, -0.1) is 11.8 Å². The number of aromatic nitrogens is 2. The minimum atomic E-state index is 0.225. The fourth-order valence-electron chi connectivity index (χ4n) is 2.27. The van der Waals surface area contributed by atoms with Crippen LogP contribution < -0.4 is 5.32 Å². The number of carbonyl (C=O) groups is 1. The third-order valence-corrected chi connectivity index (χ3v) is 4.55. The summed E-state index contributed by atoms with van der Waals surface area (Å²) in [5.41, 5.74) is 0. The first-order chi connectivity index (χ1) is 10.2. The maximum Gasteiger partial charge on any atom is 0.236 e. The van der Waals surface area contributed by atoms with Crippen molar-refractivity contribution in [2.75, 3.05) is 25.9 Å². The summed E-state index contributed by atoms with van der Waals surface area (Å²) in [6.07, 6.45) is 4.25. The zero-order chi connectivity index (χ0) is 15.1. The second kappa shape index (κ2) is 8.38. The Hall–Kier alpha value is -1.08. The van der Waals surface area contributed by atoms with E-state index in [1.165, 1.54) is 6.42 Å². The lowest BCUT2D eigenvalue weighted by atomic mass is 10.1. The third kappa shape index (κ3) is 5.32. The number of nitrogens with one attached hydrogen (secondary N) is 1. The number of rotatable bonds is 7. The van der Waals surface area contributed by atoms with E-state index >= 15 is 0 Å². The Balaban J connectivity index is 1.69. The number of thioether (sulfide) groups is 1. The molecule has 1 fully saturated rings. The monoisotopic (exact) mass is 312 g/mol. The van der Waals surface area contributed by atoms with Gasteiger partial charge in [0.25, 0.3) is 0 Å². The van der Waals surface area contributed by atoms with E-state index in [9.17, 15) is 4.79 Å². The van der Waals surface area contributed by atoms with E-state index < -0.39 is 0 Å². The molecular weight excluding hydrogens is 288 g/mol. The zero-order valence-corrected chi connectivity index (χ0v) is 13.6. The fourth-order valence-corrected chi connectivity index (χ4v) is 3.02. The Kier molecular flexibility index (Phi) is 6.50. The molecule has 1 aromatic heterocycles. The molecule has 0 saturated carbocycles. The molecule has 2 rings (SSSR count). The van der Waals surface area contributed by atoms with Gasteiger partial charge in [-0.25, -0.2) is 0 Å². The van der Waals surface area contributed by atoms with Gasteiger partial charge in [-0.3, -0.25) is 4.79 Å². The summed E-state index contributed by atoms with van der Waals surface area (Å²) in [7, 11) is 1.91. The maximum atomic E-state index is 12.0. The zero-order valence-electron chi connectivity index (χ0n) is 12.8. The molecule has 1 unspecified atom stereocenters. The summed E-state index contributed by atoms with van der Waals surface area (Å²) >= 11 is 1.54. The van der Waals surface area contributed by atoms with Crippen LogP contribution in [0.15, 0.2) is 4.52 Å². The summed E-state index contributed by atoms with van der Waals surface area (Å²) < 4.78 is 5.20. The molecule has 1 saturated heterocycles. The van der Waals surface area contributed by atoms with Crippen molar-refractivity contribution in [3.05, 3.63) is 11.7 Å². The van der Waals surface area contributed by atoms with E-state index in [0.717, 1.165) is 38.2 Å². The number of amides is 1. The molecule has 1 aliphatic heterocycles. The largest absolute Gasteiger partial charge is 0.342 e. The first-order valence-electron chi connectivity index (χ1n) is 7.53. The van der Waals surface area contributed by atoms with Crippen molar-refractivity contribution in [2.24, 2.45) is 0 Å². The minimum Gasteiger partial charge on any atom is -0.342 e. The molecule has 1 aromatic rings. The van der Waals surface area contributed by atoms with E-state index in [1.54, 1.807) is 11.8 Å². The van der Waals surface area contributed by atoms with E-state index in [1.807, 2.05) is 11.9 Å². The van der Waals surface area contributed by atoms with E-state index in [-0.39, 0.29) is 5.91 Å². The van der Waals surface area contributed by atoms with Gasteiger partial charge in [0.1, 0.15) is 0 Å². The fraction of sp³-hybridized carbons (Fsp3) is 0.786. The average molecular weight is 312 g/mol. The Labute approximate surface area is 130 Å². The molecule has 1 aliphatic rings. The number of hydrogen-bond acceptors (Lipinski definition) is 6. The highest BCUT2D eigenvalue weighted by Crippen LogP contribution is 2.14. The van der Waals surface area contributed by atoms with Gasteiger partial charge in [0.2, 0.25) is 11.8 Å². The number of nitrogens with zero attached hydrogens (tertiary/aromatic N) is 3. The highest BCUT2D eigenvalue weighted by Gasteiger charge is 2.17. The number of likely N-dealkylation sites (tertiary alicyclic amines) is 1. The highest BCUT2D eigenvalue weighted by molar-refractivity contribution is 7.99. The average Bonchev–Trinajstić information content (AvgIpc) is 2.95. The topological polar surface area (TPSA) is 71.3 Å². The van der Waals surface area contributed by atoms with Crippen LogP contribution in [-0.4, -0.2) is 52.9 Å². The molecule has 21 heavy (non-hydrogen) atoms. The molecule has 1 N–H and O–H groups in total. The Morgan fingerprint density at radius 1 is 1.43 bits per heavy atom. The molecule has 0 bridgehead atoms. The van der Waals surface area contributed by atoms with Gasteiger partial charge in [0.15, 0.2) is 5.82 Å². The molecule has 0 spiro atoms. The minimum absolute atomic E-state index is 0.225. The first-order valence-corrected chi connectivity index (χ1v) is 8.68. The molecule has 1 atom stereocenters. The second-order valence-corrected chi connectivity index (χ2v) is 6.42. The molecule has 118 valence electrons. The molecule has 7 heteroatoms. The van der Waals surface area contributed by atoms with E-state index in [0.29, 0.717) is 23.4 Å². The van der Waals surface area contributed by atoms with Crippen molar-refractivity contribution in [1.29, 1.82) is 0 Å². The molecule has 1 amide bonds. The number of piperidine rings is 1. The molecule has 6 nitrogen and oxygen atoms in total. The standard InChI is InChI=1S/C14H24N4O2S/c1-11(15-2)8-12-16-13(20-17-12)9-21-10-14(19)18-6-4-3-5-7-18/h11,15H,3-10H2,1-2H3. The summed E-state index contributed by atoms with van der Waals surface area (Å²) in [6, 6.07) is 0.323. The van der Waals surface area contributed by atoms with E-state index in [2.05, 4.69) is 22.4 Å². The lowest BCUT2D eigenvalue weighted by Gasteiger charge is -2.26. The first kappa shape index (κ1) is 16.3. The highest BCUT2D eigenvalue weighted by atomic mass is 32.2. The summed E-state index contributed by atoms with van der Waals surface area (Å²) in [5, 5.41) is 7.10. The lowest BCUT2D eigenvalue weighted by molar-refractivity contribution is -0.129. The number of likely N-dealkylation sites (N-methyl/N-ethyl adjacent to an activating group) is 1. The molecule has 0 aliphatic carbocycles. The van der Waals surface area contributed by atoms with Gasteiger partial charge in [-0.1, -0.05) is 5.16 Å². The van der Waals surface area contributed by atoms with Crippen LogP contribution in [0.2, 0.25) is 0 Å². The van der Waals surface area contributed by atoms with Crippen molar-refractivity contribution in [3.8, 4) is 0 Å². The third-order valence-electron chi connectivity index (χ3n) is 3.65. The van der Waals surface area contributed by atoms with Gasteiger partial charge >= 0.3 is 0 Å². The Morgan fingerprint density at radius 2 is 2.19 bits per heavy atom. The van der Waals surface area contributed by atoms with Crippen molar-refractivity contribution >= 4 is 17.7 Å². The van der Waals surface area contributed by atoms with Gasteiger partial charge in [0, 0.05) is 25.6 Å². The van der Waals surface area contributed by atoms with Crippen LogP contribution >= 0.6 is 11.8 Å². The number of carbonyl (C=O) groups excluding carboxylic acids is 1. The van der Waals surface area contributed by atoms with Crippen LogP contribution in [-0.2, 0) is 17.0 Å². The van der Waals surface area contributed by atoms with Crippen molar-refractivity contribution in [2.45, 2.75) is 44.4 Å². The van der Waals surface area contributed by atoms with Crippen LogP contribution in [0.25, 0.3) is 0 Å². The normalized spacial score (nSPS) is 17.0. The maximum absolute atomic E-state index is 12.0. The van der Waals surface area contributed by atoms with Gasteiger partial charge < -0.3 is 14.7 Å². The molecule has 0 radical (unpaired) electrons. The van der Waals surface area contributed by atoms with Crippen LogP contribution in [0.5, 0.6) is 0 Å².